The van der Waals surface area contributed by atoms with Crippen molar-refractivity contribution in [2.45, 2.75) is 13.1 Å². The Labute approximate surface area is 134 Å². The van der Waals surface area contributed by atoms with E-state index in [9.17, 15) is 14.5 Å². The maximum Gasteiger partial charge on any atom is 0.283 e. The predicted octanol–water partition coefficient (Wildman–Crippen LogP) is 4.44. The molecule has 0 saturated heterocycles. The van der Waals surface area contributed by atoms with Gasteiger partial charge in [-0.05, 0) is 45.3 Å². The Hall–Kier alpha value is -1.50. The van der Waals surface area contributed by atoms with Crippen molar-refractivity contribution in [3.8, 4) is 0 Å². The zero-order valence-electron chi connectivity index (χ0n) is 10.8. The van der Waals surface area contributed by atoms with Crippen molar-refractivity contribution in [3.05, 3.63) is 73.0 Å². The van der Waals surface area contributed by atoms with Crippen LogP contribution in [0, 0.1) is 15.9 Å². The van der Waals surface area contributed by atoms with Gasteiger partial charge in [0.05, 0.1) is 14.4 Å². The van der Waals surface area contributed by atoms with Crippen LogP contribution in [0.3, 0.4) is 0 Å². The number of nitro groups is 1. The second kappa shape index (κ2) is 6.98. The number of nitro benzene ring substituents is 1. The summed E-state index contributed by atoms with van der Waals surface area (Å²) >= 11 is 8.84. The lowest BCUT2D eigenvalue weighted by atomic mass is 10.2. The molecule has 2 aromatic rings. The molecule has 0 heterocycles. The molecule has 110 valence electrons. The van der Waals surface area contributed by atoms with Gasteiger partial charge in [0, 0.05) is 19.2 Å². The Bertz CT molecular complexity index is 682. The molecule has 0 atom stereocenters. The molecule has 4 nitrogen and oxygen atoms in total. The third kappa shape index (κ3) is 4.23. The minimum Gasteiger partial charge on any atom is -0.309 e. The van der Waals surface area contributed by atoms with Gasteiger partial charge in [0.2, 0.25) is 0 Å². The highest BCUT2D eigenvalue weighted by atomic mass is 79.9. The third-order valence-corrected chi connectivity index (χ3v) is 3.81. The van der Waals surface area contributed by atoms with Crippen molar-refractivity contribution >= 4 is 33.2 Å². The van der Waals surface area contributed by atoms with E-state index >= 15 is 0 Å². The van der Waals surface area contributed by atoms with Crippen LogP contribution in [0.1, 0.15) is 11.1 Å². The van der Waals surface area contributed by atoms with Crippen LogP contribution in [0.2, 0.25) is 5.02 Å². The molecule has 0 spiro atoms. The minimum atomic E-state index is -0.455. The quantitative estimate of drug-likeness (QED) is 0.623. The molecule has 0 saturated carbocycles. The molecule has 21 heavy (non-hydrogen) atoms. The summed E-state index contributed by atoms with van der Waals surface area (Å²) in [4.78, 5) is 10.4. The lowest BCUT2D eigenvalue weighted by molar-refractivity contribution is -0.385. The van der Waals surface area contributed by atoms with Crippen molar-refractivity contribution in [2.24, 2.45) is 0 Å². The van der Waals surface area contributed by atoms with Crippen molar-refractivity contribution < 1.29 is 9.31 Å². The van der Waals surface area contributed by atoms with Gasteiger partial charge in [-0.1, -0.05) is 23.7 Å². The van der Waals surface area contributed by atoms with Crippen molar-refractivity contribution in [3.63, 3.8) is 0 Å². The highest BCUT2D eigenvalue weighted by molar-refractivity contribution is 9.10. The summed E-state index contributed by atoms with van der Waals surface area (Å²) in [5.74, 6) is -0.455. The number of nitrogens with one attached hydrogen (secondary N) is 1. The largest absolute Gasteiger partial charge is 0.309 e. The second-order valence-electron chi connectivity index (χ2n) is 4.39. The Morgan fingerprint density at radius 2 is 1.81 bits per heavy atom. The average molecular weight is 374 g/mol. The number of hydrogen-bond acceptors (Lipinski definition) is 3. The van der Waals surface area contributed by atoms with E-state index in [1.807, 2.05) is 0 Å². The van der Waals surface area contributed by atoms with Gasteiger partial charge >= 0.3 is 0 Å². The van der Waals surface area contributed by atoms with Gasteiger partial charge in [0.15, 0.2) is 0 Å². The summed E-state index contributed by atoms with van der Waals surface area (Å²) in [5.41, 5.74) is 1.66. The Morgan fingerprint density at radius 1 is 1.19 bits per heavy atom. The molecule has 7 heteroatoms. The summed E-state index contributed by atoms with van der Waals surface area (Å²) in [5, 5.41) is 14.1. The van der Waals surface area contributed by atoms with Crippen LogP contribution >= 0.6 is 27.5 Å². The van der Waals surface area contributed by atoms with E-state index in [1.54, 1.807) is 24.3 Å². The molecule has 0 aliphatic heterocycles. The number of nitrogens with zero attached hydrogens (tertiary/aromatic N) is 1. The van der Waals surface area contributed by atoms with Crippen LogP contribution in [-0.4, -0.2) is 4.92 Å². The van der Waals surface area contributed by atoms with Gasteiger partial charge in [-0.2, -0.15) is 0 Å². The molecule has 2 aromatic carbocycles. The number of hydrogen-bond donors (Lipinski definition) is 1. The summed E-state index contributed by atoms with van der Waals surface area (Å²) in [6.07, 6.45) is 0. The Kier molecular flexibility index (Phi) is 5.27. The zero-order chi connectivity index (χ0) is 15.4. The minimum absolute atomic E-state index is 0.0270. The highest BCUT2D eigenvalue weighted by Crippen LogP contribution is 2.25. The predicted molar refractivity (Wildman–Crippen MR) is 82.8 cm³/mol. The number of benzene rings is 2. The van der Waals surface area contributed by atoms with E-state index in [0.717, 1.165) is 11.1 Å². The van der Waals surface area contributed by atoms with Gasteiger partial charge in [0.25, 0.3) is 5.69 Å². The fourth-order valence-electron chi connectivity index (χ4n) is 1.81. The lowest BCUT2D eigenvalue weighted by Gasteiger charge is -2.06. The average Bonchev–Trinajstić information content (AvgIpc) is 2.44. The summed E-state index contributed by atoms with van der Waals surface area (Å²) < 4.78 is 13.5. The zero-order valence-corrected chi connectivity index (χ0v) is 13.1. The molecule has 0 bridgehead atoms. The van der Waals surface area contributed by atoms with Gasteiger partial charge < -0.3 is 5.32 Å². The van der Waals surface area contributed by atoms with Crippen LogP contribution in [-0.2, 0) is 13.1 Å². The van der Waals surface area contributed by atoms with E-state index in [0.29, 0.717) is 17.6 Å². The fraction of sp³-hybridized carbons (Fsp3) is 0.143. The molecule has 0 aliphatic rings. The summed E-state index contributed by atoms with van der Waals surface area (Å²) in [6.45, 7) is 0.951. The smallest absolute Gasteiger partial charge is 0.283 e. The van der Waals surface area contributed by atoms with E-state index in [4.69, 9.17) is 11.6 Å². The van der Waals surface area contributed by atoms with Crippen LogP contribution in [0.25, 0.3) is 0 Å². The maximum atomic E-state index is 13.0. The van der Waals surface area contributed by atoms with Crippen LogP contribution in [0.4, 0.5) is 10.1 Å². The van der Waals surface area contributed by atoms with Crippen LogP contribution in [0.5, 0.6) is 0 Å². The Morgan fingerprint density at radius 3 is 2.43 bits per heavy atom. The molecule has 1 N–H and O–H groups in total. The van der Waals surface area contributed by atoms with Crippen LogP contribution < -0.4 is 5.32 Å². The molecule has 0 fully saturated rings. The van der Waals surface area contributed by atoms with Crippen LogP contribution in [0.15, 0.2) is 40.9 Å². The molecule has 0 aromatic heterocycles. The maximum absolute atomic E-state index is 13.0. The number of rotatable bonds is 5. The van der Waals surface area contributed by atoms with Crippen molar-refractivity contribution in [2.75, 3.05) is 0 Å². The molecule has 0 unspecified atom stereocenters. The first kappa shape index (κ1) is 15.9. The third-order valence-electron chi connectivity index (χ3n) is 2.85. The summed E-state index contributed by atoms with van der Waals surface area (Å²) in [7, 11) is 0. The topological polar surface area (TPSA) is 55.2 Å². The monoisotopic (exact) mass is 372 g/mol. The molecular weight excluding hydrogens is 363 g/mol. The molecule has 0 aliphatic carbocycles. The summed E-state index contributed by atoms with van der Waals surface area (Å²) in [6, 6.07) is 9.44. The van der Waals surface area contributed by atoms with E-state index < -0.39 is 10.7 Å². The first-order chi connectivity index (χ1) is 9.97. The van der Waals surface area contributed by atoms with Gasteiger partial charge in [-0.15, -0.1) is 0 Å². The lowest BCUT2D eigenvalue weighted by Crippen LogP contribution is -2.12. The van der Waals surface area contributed by atoms with Crippen molar-refractivity contribution in [1.29, 1.82) is 0 Å². The van der Waals surface area contributed by atoms with Crippen molar-refractivity contribution in [1.82, 2.24) is 5.32 Å². The highest BCUT2D eigenvalue weighted by Gasteiger charge is 2.12. The molecule has 0 amide bonds. The SMILES string of the molecule is O=[N+]([O-])c1cc(CNCc2ccc(F)c(Cl)c2)ccc1Br. The molecular formula is C14H11BrClFN2O2. The fourth-order valence-corrected chi connectivity index (χ4v) is 2.40. The second-order valence-corrected chi connectivity index (χ2v) is 5.66. The normalized spacial score (nSPS) is 10.6. The van der Waals surface area contributed by atoms with E-state index in [-0.39, 0.29) is 10.7 Å². The molecule has 2 rings (SSSR count). The molecule has 0 radical (unpaired) electrons. The standard InChI is InChI=1S/C14H11BrClFN2O2/c15-11-3-1-10(6-14(11)19(20)21)8-18-7-9-2-4-13(17)12(16)5-9/h1-6,18H,7-8H2. The Balaban J connectivity index is 1.98. The van der Waals surface area contributed by atoms with E-state index in [1.165, 1.54) is 12.1 Å². The first-order valence-electron chi connectivity index (χ1n) is 6.05. The first-order valence-corrected chi connectivity index (χ1v) is 7.22. The number of halogens is 3. The van der Waals surface area contributed by atoms with Gasteiger partial charge in [-0.25, -0.2) is 4.39 Å². The van der Waals surface area contributed by atoms with Gasteiger partial charge in [-0.3, -0.25) is 10.1 Å². The van der Waals surface area contributed by atoms with E-state index in [2.05, 4.69) is 21.2 Å². The van der Waals surface area contributed by atoms with Gasteiger partial charge in [0.1, 0.15) is 5.82 Å².